The van der Waals surface area contributed by atoms with Crippen LogP contribution in [0.15, 0.2) is 12.3 Å². The molecule has 0 unspecified atom stereocenters. The topological polar surface area (TPSA) is 12.9 Å². The molecule has 0 aliphatic carbocycles. The molecular weight excluding hydrogens is 184 g/mol. The molecule has 0 fully saturated rings. The smallest absolute Gasteiger partial charge is 0.244 e. The zero-order valence-electron chi connectivity index (χ0n) is 6.52. The van der Waals surface area contributed by atoms with Crippen LogP contribution in [0, 0.1) is 6.92 Å². The highest BCUT2D eigenvalue weighted by atomic mass is 35.5. The van der Waals surface area contributed by atoms with Crippen LogP contribution >= 0.6 is 11.6 Å². The Hall–Kier alpha value is -0.700. The third-order valence-electron chi connectivity index (χ3n) is 1.40. The second-order valence-electron chi connectivity index (χ2n) is 2.54. The van der Waals surface area contributed by atoms with Crippen LogP contribution in [0.25, 0.3) is 0 Å². The summed E-state index contributed by atoms with van der Waals surface area (Å²) in [6, 6.07) is 1.63. The van der Waals surface area contributed by atoms with E-state index in [9.17, 15) is 8.78 Å². The van der Waals surface area contributed by atoms with Crippen LogP contribution in [0.3, 0.4) is 0 Å². The molecule has 0 aliphatic rings. The van der Waals surface area contributed by atoms with Gasteiger partial charge < -0.3 is 0 Å². The molecule has 0 N–H and O–H groups in total. The highest BCUT2D eigenvalue weighted by molar-refractivity contribution is 6.31. The largest absolute Gasteiger partial charge is 0.259 e. The second kappa shape index (κ2) is 3.81. The molecule has 0 bridgehead atoms. The molecule has 4 heteroatoms. The van der Waals surface area contributed by atoms with Crippen LogP contribution in [0.4, 0.5) is 8.78 Å². The van der Waals surface area contributed by atoms with E-state index in [1.54, 1.807) is 6.07 Å². The molecular formula is C8H8ClF2N. The minimum atomic E-state index is -2.39. The van der Waals surface area contributed by atoms with E-state index in [-0.39, 0.29) is 12.1 Å². The van der Waals surface area contributed by atoms with Gasteiger partial charge in [-0.2, -0.15) is 0 Å². The zero-order chi connectivity index (χ0) is 9.14. The maximum absolute atomic E-state index is 11.9. The lowest BCUT2D eigenvalue weighted by Gasteiger charge is -2.02. The van der Waals surface area contributed by atoms with Gasteiger partial charge in [-0.05, 0) is 18.6 Å². The van der Waals surface area contributed by atoms with Crippen molar-refractivity contribution in [1.29, 1.82) is 0 Å². The molecule has 0 amide bonds. The Labute approximate surface area is 74.4 Å². The summed E-state index contributed by atoms with van der Waals surface area (Å²) < 4.78 is 23.8. The van der Waals surface area contributed by atoms with Gasteiger partial charge in [0.05, 0.1) is 17.1 Å². The molecule has 0 saturated carbocycles. The van der Waals surface area contributed by atoms with Gasteiger partial charge in [-0.25, -0.2) is 8.78 Å². The van der Waals surface area contributed by atoms with Crippen molar-refractivity contribution in [2.75, 3.05) is 0 Å². The van der Waals surface area contributed by atoms with Crippen molar-refractivity contribution < 1.29 is 8.78 Å². The fourth-order valence-electron chi connectivity index (χ4n) is 0.858. The fraction of sp³-hybridized carbons (Fsp3) is 0.375. The third kappa shape index (κ3) is 2.41. The first-order chi connectivity index (χ1) is 5.59. The van der Waals surface area contributed by atoms with E-state index in [1.807, 2.05) is 6.92 Å². The number of alkyl halides is 2. The number of hydrogen-bond donors (Lipinski definition) is 0. The molecule has 12 heavy (non-hydrogen) atoms. The maximum atomic E-state index is 11.9. The average Bonchev–Trinajstić information content (AvgIpc) is 1.94. The van der Waals surface area contributed by atoms with Crippen LogP contribution in [-0.4, -0.2) is 11.4 Å². The number of aromatic nitrogens is 1. The minimum Gasteiger partial charge on any atom is -0.259 e. The summed E-state index contributed by atoms with van der Waals surface area (Å²) in [5.74, 6) is 0. The van der Waals surface area contributed by atoms with E-state index in [0.717, 1.165) is 5.56 Å². The van der Waals surface area contributed by atoms with E-state index in [0.29, 0.717) is 5.02 Å². The first kappa shape index (κ1) is 9.39. The average molecular weight is 192 g/mol. The molecule has 1 heterocycles. The van der Waals surface area contributed by atoms with Crippen molar-refractivity contribution in [2.24, 2.45) is 0 Å². The highest BCUT2D eigenvalue weighted by Crippen LogP contribution is 2.17. The molecule has 0 radical (unpaired) electrons. The van der Waals surface area contributed by atoms with Crippen molar-refractivity contribution in [3.05, 3.63) is 28.5 Å². The molecule has 1 aromatic rings. The Kier molecular flexibility index (Phi) is 2.98. The van der Waals surface area contributed by atoms with Gasteiger partial charge in [0, 0.05) is 6.20 Å². The number of nitrogens with zero attached hydrogens (tertiary/aromatic N) is 1. The summed E-state index contributed by atoms with van der Waals surface area (Å²) in [6.07, 6.45) is -1.24. The van der Waals surface area contributed by atoms with Crippen molar-refractivity contribution in [1.82, 2.24) is 4.98 Å². The van der Waals surface area contributed by atoms with E-state index < -0.39 is 6.43 Å². The summed E-state index contributed by atoms with van der Waals surface area (Å²) in [4.78, 5) is 3.81. The van der Waals surface area contributed by atoms with Crippen LogP contribution in [-0.2, 0) is 6.42 Å². The van der Waals surface area contributed by atoms with Crippen molar-refractivity contribution in [3.63, 3.8) is 0 Å². The number of rotatable bonds is 2. The van der Waals surface area contributed by atoms with Gasteiger partial charge in [-0.15, -0.1) is 0 Å². The molecule has 66 valence electrons. The zero-order valence-corrected chi connectivity index (χ0v) is 7.28. The number of pyridine rings is 1. The molecule has 1 nitrogen and oxygen atoms in total. The third-order valence-corrected chi connectivity index (χ3v) is 1.73. The first-order valence-corrected chi connectivity index (χ1v) is 3.86. The number of aryl methyl sites for hydroxylation is 1. The van der Waals surface area contributed by atoms with Gasteiger partial charge in [0.2, 0.25) is 6.43 Å². The normalized spacial score (nSPS) is 10.8. The summed E-state index contributed by atoms with van der Waals surface area (Å²) in [5.41, 5.74) is 1.13. The van der Waals surface area contributed by atoms with Crippen LogP contribution < -0.4 is 0 Å². The van der Waals surface area contributed by atoms with Crippen LogP contribution in [0.1, 0.15) is 11.3 Å². The monoisotopic (exact) mass is 191 g/mol. The van der Waals surface area contributed by atoms with Gasteiger partial charge in [0.15, 0.2) is 0 Å². The second-order valence-corrected chi connectivity index (χ2v) is 2.94. The molecule has 0 aromatic carbocycles. The summed E-state index contributed by atoms with van der Waals surface area (Å²) >= 11 is 5.68. The number of hydrogen-bond acceptors (Lipinski definition) is 1. The molecule has 1 aromatic heterocycles. The Bertz CT molecular complexity index is 276. The number of halogens is 3. The summed E-state index contributed by atoms with van der Waals surface area (Å²) in [7, 11) is 0. The van der Waals surface area contributed by atoms with Gasteiger partial charge in [-0.3, -0.25) is 4.98 Å². The molecule has 0 aliphatic heterocycles. The highest BCUT2D eigenvalue weighted by Gasteiger charge is 2.09. The predicted molar refractivity (Wildman–Crippen MR) is 43.7 cm³/mol. The fourth-order valence-corrected chi connectivity index (χ4v) is 1.16. The van der Waals surface area contributed by atoms with E-state index in [1.165, 1.54) is 6.20 Å². The molecule has 0 saturated heterocycles. The Morgan fingerprint density at radius 3 is 2.75 bits per heavy atom. The predicted octanol–water partition coefficient (Wildman–Crippen LogP) is 2.85. The van der Waals surface area contributed by atoms with Crippen molar-refractivity contribution in [2.45, 2.75) is 19.8 Å². The maximum Gasteiger partial charge on any atom is 0.244 e. The minimum absolute atomic E-state index is 0.261. The van der Waals surface area contributed by atoms with Gasteiger partial charge in [-0.1, -0.05) is 11.6 Å². The van der Waals surface area contributed by atoms with Gasteiger partial charge in [0.1, 0.15) is 0 Å². The van der Waals surface area contributed by atoms with Crippen LogP contribution in [0.2, 0.25) is 5.02 Å². The lowest BCUT2D eigenvalue weighted by molar-refractivity contribution is 0.148. The van der Waals surface area contributed by atoms with Crippen molar-refractivity contribution in [3.8, 4) is 0 Å². The Morgan fingerprint density at radius 1 is 1.58 bits per heavy atom. The summed E-state index contributed by atoms with van der Waals surface area (Å²) in [6.45, 7) is 1.81. The van der Waals surface area contributed by atoms with E-state index in [2.05, 4.69) is 4.98 Å². The van der Waals surface area contributed by atoms with E-state index >= 15 is 0 Å². The Balaban J connectivity index is 2.86. The molecule has 0 spiro atoms. The van der Waals surface area contributed by atoms with Gasteiger partial charge in [0.25, 0.3) is 0 Å². The molecule has 1 rings (SSSR count). The summed E-state index contributed by atoms with van der Waals surface area (Å²) in [5, 5.41) is 0.315. The lowest BCUT2D eigenvalue weighted by Crippen LogP contribution is -2.00. The Morgan fingerprint density at radius 2 is 2.25 bits per heavy atom. The lowest BCUT2D eigenvalue weighted by atomic mass is 10.2. The van der Waals surface area contributed by atoms with E-state index in [4.69, 9.17) is 11.6 Å². The van der Waals surface area contributed by atoms with Gasteiger partial charge >= 0.3 is 0 Å². The SMILES string of the molecule is Cc1cnc(CC(F)F)c(Cl)c1. The molecule has 0 atom stereocenters. The first-order valence-electron chi connectivity index (χ1n) is 3.49. The van der Waals surface area contributed by atoms with Crippen LogP contribution in [0.5, 0.6) is 0 Å². The van der Waals surface area contributed by atoms with Crippen molar-refractivity contribution >= 4 is 11.6 Å². The standard InChI is InChI=1S/C8H8ClF2N/c1-5-2-6(9)7(12-4-5)3-8(10)11/h2,4,8H,3H2,1H3. The quantitative estimate of drug-likeness (QED) is 0.701.